The van der Waals surface area contributed by atoms with Crippen LogP contribution in [0.15, 0.2) is 60.9 Å². The molecular formula is C18H15N3O. The Morgan fingerprint density at radius 1 is 0.909 bits per heavy atom. The molecule has 0 aliphatic heterocycles. The SMILES string of the molecule is Cn1ccc2c(C(=O)n3ccc4c(N)cccc43)cccc21. The molecule has 4 heteroatoms. The van der Waals surface area contributed by atoms with Gasteiger partial charge in [-0.2, -0.15) is 0 Å². The lowest BCUT2D eigenvalue weighted by Gasteiger charge is -2.07. The smallest absolute Gasteiger partial charge is 0.263 e. The normalized spacial score (nSPS) is 11.3. The molecule has 0 unspecified atom stereocenters. The third-order valence-corrected chi connectivity index (χ3v) is 4.14. The zero-order chi connectivity index (χ0) is 15.3. The van der Waals surface area contributed by atoms with Crippen LogP contribution in [-0.4, -0.2) is 15.0 Å². The van der Waals surface area contributed by atoms with Crippen molar-refractivity contribution in [3.05, 3.63) is 66.5 Å². The van der Waals surface area contributed by atoms with E-state index in [1.165, 1.54) is 0 Å². The maximum absolute atomic E-state index is 13.0. The first-order chi connectivity index (χ1) is 10.7. The van der Waals surface area contributed by atoms with Crippen molar-refractivity contribution in [1.29, 1.82) is 0 Å². The topological polar surface area (TPSA) is 53.0 Å². The minimum atomic E-state index is -0.0441. The van der Waals surface area contributed by atoms with E-state index >= 15 is 0 Å². The van der Waals surface area contributed by atoms with E-state index in [-0.39, 0.29) is 5.91 Å². The van der Waals surface area contributed by atoms with E-state index < -0.39 is 0 Å². The van der Waals surface area contributed by atoms with Crippen LogP contribution in [0.5, 0.6) is 0 Å². The lowest BCUT2D eigenvalue weighted by Crippen LogP contribution is -2.11. The predicted molar refractivity (Wildman–Crippen MR) is 89.0 cm³/mol. The van der Waals surface area contributed by atoms with Crippen LogP contribution in [-0.2, 0) is 7.05 Å². The molecule has 108 valence electrons. The highest BCUT2D eigenvalue weighted by Gasteiger charge is 2.15. The summed E-state index contributed by atoms with van der Waals surface area (Å²) in [6, 6.07) is 15.3. The maximum atomic E-state index is 13.0. The Balaban J connectivity index is 1.94. The molecule has 4 nitrogen and oxygen atoms in total. The van der Waals surface area contributed by atoms with Crippen molar-refractivity contribution in [2.24, 2.45) is 7.05 Å². The van der Waals surface area contributed by atoms with Crippen molar-refractivity contribution < 1.29 is 4.79 Å². The molecule has 2 N–H and O–H groups in total. The molecular weight excluding hydrogens is 274 g/mol. The third kappa shape index (κ3) is 1.67. The number of rotatable bonds is 1. The molecule has 0 saturated carbocycles. The molecule has 4 rings (SSSR count). The van der Waals surface area contributed by atoms with E-state index in [1.54, 1.807) is 10.8 Å². The van der Waals surface area contributed by atoms with Crippen molar-refractivity contribution in [3.8, 4) is 0 Å². The second-order valence-electron chi connectivity index (χ2n) is 5.44. The van der Waals surface area contributed by atoms with Crippen LogP contribution < -0.4 is 5.73 Å². The molecule has 0 radical (unpaired) electrons. The average molecular weight is 289 g/mol. The molecule has 0 fully saturated rings. The number of nitrogen functional groups attached to an aromatic ring is 1. The summed E-state index contributed by atoms with van der Waals surface area (Å²) in [5.41, 5.74) is 9.22. The van der Waals surface area contributed by atoms with Crippen molar-refractivity contribution in [2.75, 3.05) is 5.73 Å². The largest absolute Gasteiger partial charge is 0.398 e. The van der Waals surface area contributed by atoms with Gasteiger partial charge in [-0.25, -0.2) is 0 Å². The lowest BCUT2D eigenvalue weighted by atomic mass is 10.1. The monoisotopic (exact) mass is 289 g/mol. The molecule has 0 saturated heterocycles. The Bertz CT molecular complexity index is 1020. The molecule has 0 bridgehead atoms. The molecule has 0 aliphatic rings. The van der Waals surface area contributed by atoms with Gasteiger partial charge in [-0.1, -0.05) is 12.1 Å². The Morgan fingerprint density at radius 3 is 2.50 bits per heavy atom. The second kappa shape index (κ2) is 4.49. The van der Waals surface area contributed by atoms with E-state index in [1.807, 2.05) is 66.3 Å². The highest BCUT2D eigenvalue weighted by molar-refractivity contribution is 6.11. The van der Waals surface area contributed by atoms with Crippen molar-refractivity contribution in [1.82, 2.24) is 9.13 Å². The van der Waals surface area contributed by atoms with E-state index in [9.17, 15) is 4.79 Å². The number of benzene rings is 2. The predicted octanol–water partition coefficient (Wildman–Crippen LogP) is 3.40. The molecule has 0 aliphatic carbocycles. The van der Waals surface area contributed by atoms with Crippen LogP contribution in [0, 0.1) is 0 Å². The van der Waals surface area contributed by atoms with E-state index in [0.717, 1.165) is 21.8 Å². The minimum Gasteiger partial charge on any atom is -0.398 e. The minimum absolute atomic E-state index is 0.0441. The summed E-state index contributed by atoms with van der Waals surface area (Å²) in [5, 5.41) is 1.86. The van der Waals surface area contributed by atoms with Gasteiger partial charge >= 0.3 is 0 Å². The van der Waals surface area contributed by atoms with Gasteiger partial charge in [0.05, 0.1) is 5.52 Å². The molecule has 2 heterocycles. The lowest BCUT2D eigenvalue weighted by molar-refractivity contribution is 0.0966. The quantitative estimate of drug-likeness (QED) is 0.546. The summed E-state index contributed by atoms with van der Waals surface area (Å²) < 4.78 is 3.67. The summed E-state index contributed by atoms with van der Waals surface area (Å²) in [5.74, 6) is -0.0441. The van der Waals surface area contributed by atoms with Crippen LogP contribution >= 0.6 is 0 Å². The number of carbonyl (C=O) groups is 1. The van der Waals surface area contributed by atoms with Crippen molar-refractivity contribution in [2.45, 2.75) is 0 Å². The summed E-state index contributed by atoms with van der Waals surface area (Å²) in [6.07, 6.45) is 3.75. The first-order valence-corrected chi connectivity index (χ1v) is 7.11. The van der Waals surface area contributed by atoms with Crippen LogP contribution in [0.1, 0.15) is 10.4 Å². The molecule has 0 amide bonds. The molecule has 0 spiro atoms. The van der Waals surface area contributed by atoms with Crippen molar-refractivity contribution in [3.63, 3.8) is 0 Å². The first-order valence-electron chi connectivity index (χ1n) is 7.11. The number of aromatic nitrogens is 2. The standard InChI is InChI=1S/C18H15N3O/c1-20-10-8-12-13(4-2-6-16(12)20)18(22)21-11-9-14-15(19)5-3-7-17(14)21/h2-11H,19H2,1H3. The number of carbonyl (C=O) groups excluding carboxylic acids is 1. The zero-order valence-electron chi connectivity index (χ0n) is 12.2. The first kappa shape index (κ1) is 12.7. The third-order valence-electron chi connectivity index (χ3n) is 4.14. The Kier molecular flexibility index (Phi) is 2.60. The second-order valence-corrected chi connectivity index (χ2v) is 5.44. The maximum Gasteiger partial charge on any atom is 0.263 e. The Labute approximate surface area is 127 Å². The van der Waals surface area contributed by atoms with Gasteiger partial charge in [0, 0.05) is 47.0 Å². The number of nitrogens with two attached hydrogens (primary N) is 1. The zero-order valence-corrected chi connectivity index (χ0v) is 12.2. The van der Waals surface area contributed by atoms with Crippen LogP contribution in [0.2, 0.25) is 0 Å². The fourth-order valence-electron chi connectivity index (χ4n) is 2.99. The van der Waals surface area contributed by atoms with Gasteiger partial charge in [0.2, 0.25) is 0 Å². The fraction of sp³-hybridized carbons (Fsp3) is 0.0556. The van der Waals surface area contributed by atoms with Crippen LogP contribution in [0.4, 0.5) is 5.69 Å². The van der Waals surface area contributed by atoms with Gasteiger partial charge in [-0.15, -0.1) is 0 Å². The molecule has 22 heavy (non-hydrogen) atoms. The van der Waals surface area contributed by atoms with E-state index in [2.05, 4.69) is 0 Å². The van der Waals surface area contributed by atoms with Crippen molar-refractivity contribution >= 4 is 33.4 Å². The summed E-state index contributed by atoms with van der Waals surface area (Å²) >= 11 is 0. The van der Waals surface area contributed by atoms with Gasteiger partial charge in [0.25, 0.3) is 5.91 Å². The number of aryl methyl sites for hydroxylation is 1. The van der Waals surface area contributed by atoms with Gasteiger partial charge in [-0.3, -0.25) is 9.36 Å². The van der Waals surface area contributed by atoms with Gasteiger partial charge in [-0.05, 0) is 36.4 Å². The van der Waals surface area contributed by atoms with Gasteiger partial charge in [0.15, 0.2) is 0 Å². The number of anilines is 1. The fourth-order valence-corrected chi connectivity index (χ4v) is 2.99. The van der Waals surface area contributed by atoms with Gasteiger partial charge in [0.1, 0.15) is 0 Å². The summed E-state index contributed by atoms with van der Waals surface area (Å²) in [6.45, 7) is 0. The number of hydrogen-bond donors (Lipinski definition) is 1. The van der Waals surface area contributed by atoms with Gasteiger partial charge < -0.3 is 10.3 Å². The van der Waals surface area contributed by atoms with E-state index in [0.29, 0.717) is 11.3 Å². The molecule has 4 aromatic rings. The number of hydrogen-bond acceptors (Lipinski definition) is 2. The van der Waals surface area contributed by atoms with Crippen LogP contribution in [0.3, 0.4) is 0 Å². The molecule has 2 aromatic heterocycles. The Morgan fingerprint density at radius 2 is 1.64 bits per heavy atom. The number of fused-ring (bicyclic) bond motifs is 2. The summed E-state index contributed by atoms with van der Waals surface area (Å²) in [4.78, 5) is 13.0. The highest BCUT2D eigenvalue weighted by atomic mass is 16.2. The average Bonchev–Trinajstić information content (AvgIpc) is 3.12. The number of nitrogens with zero attached hydrogens (tertiary/aromatic N) is 2. The van der Waals surface area contributed by atoms with E-state index in [4.69, 9.17) is 5.73 Å². The highest BCUT2D eigenvalue weighted by Crippen LogP contribution is 2.25. The molecule has 0 atom stereocenters. The summed E-state index contributed by atoms with van der Waals surface area (Å²) in [7, 11) is 1.97. The van der Waals surface area contributed by atoms with Crippen LogP contribution in [0.25, 0.3) is 21.8 Å². The molecule has 2 aromatic carbocycles. The Hall–Kier alpha value is -3.01.